The Morgan fingerprint density at radius 1 is 0.698 bits per heavy atom. The fourth-order valence-corrected chi connectivity index (χ4v) is 7.22. The molecule has 0 aliphatic rings. The molecule has 1 N–H and O–H groups in total. The van der Waals surface area contributed by atoms with Crippen LogP contribution < -0.4 is 0 Å². The number of phenols is 1. The Balaban J connectivity index is 0.0000120. The third kappa shape index (κ3) is 9.11. The van der Waals surface area contributed by atoms with Crippen LogP contribution in [0.5, 0.6) is 5.75 Å². The van der Waals surface area contributed by atoms with E-state index in [0.29, 0.717) is 28.3 Å². The van der Waals surface area contributed by atoms with E-state index in [1.165, 1.54) is 28.8 Å². The minimum absolute atomic E-state index is 0. The van der Waals surface area contributed by atoms with Crippen LogP contribution in [0.3, 0.4) is 0 Å². The van der Waals surface area contributed by atoms with Crippen molar-refractivity contribution in [2.24, 2.45) is 0 Å². The summed E-state index contributed by atoms with van der Waals surface area (Å²) in [4.78, 5) is 9.34. The molecule has 0 atom stereocenters. The van der Waals surface area contributed by atoms with Gasteiger partial charge in [-0.3, -0.25) is 9.55 Å². The van der Waals surface area contributed by atoms with E-state index in [-0.39, 0.29) is 66.2 Å². The molecule has 0 saturated heterocycles. The molecule has 63 heavy (non-hydrogen) atoms. The molecule has 324 valence electrons. The Labute approximate surface area is 430 Å². The third-order valence-electron chi connectivity index (χ3n) is 10.5. The van der Waals surface area contributed by atoms with Gasteiger partial charge in [-0.25, -0.2) is 4.98 Å². The number of aromatic hydroxyl groups is 1. The van der Waals surface area contributed by atoms with Crippen LogP contribution in [0.4, 0.5) is 0 Å². The summed E-state index contributed by atoms with van der Waals surface area (Å²) in [5.74, 6) is -3.44. The van der Waals surface area contributed by atoms with E-state index in [9.17, 15) is 6.48 Å². The van der Waals surface area contributed by atoms with Crippen molar-refractivity contribution in [3.63, 3.8) is 0 Å². The molecule has 0 saturated carbocycles. The maximum absolute atomic E-state index is 13.1. The van der Waals surface area contributed by atoms with Gasteiger partial charge >= 0.3 is 0 Å². The number of para-hydroxylation sites is 1. The van der Waals surface area contributed by atoms with Crippen LogP contribution in [-0.2, 0) is 37.3 Å². The molecule has 8 rings (SSSR count). The molecule has 0 radical (unpaired) electrons. The second-order valence-corrected chi connectivity index (χ2v) is 16.4. The van der Waals surface area contributed by atoms with Crippen molar-refractivity contribution in [3.05, 3.63) is 167 Å². The van der Waals surface area contributed by atoms with E-state index in [4.69, 9.17) is 43.4 Å². The topological polar surface area (TPSA) is 50.9 Å². The van der Waals surface area contributed by atoms with Gasteiger partial charge in [0.15, 0.2) is 0 Å². The molecule has 0 amide bonds. The normalized spacial score (nSPS) is 20.5. The molecular weight excluding hydrogens is 950 g/mol. The summed E-state index contributed by atoms with van der Waals surface area (Å²) in [7, 11) is 0. The number of fused-ring (bicyclic) bond motifs is 1. The van der Waals surface area contributed by atoms with Gasteiger partial charge in [-0.05, 0) is 87.1 Å². The van der Waals surface area contributed by atoms with E-state index in [1.54, 1.807) is 89.2 Å². The standard InChI is InChI=1S/C58H60N3O.Pt/c1-36(2)40-25-26-51(47(32-40)39-17-14-13-15-18-39)61-52-20-16-19-46(53(52)60-55(61)48-34-45(57(7,8)9)35-49(54(48)62)58(10,11)12)42-29-43(31-44(30-42)56(4,5)6)50-33-41(27-28-59-50)38-23-21-37(3)22-24-38;/h13-28,30-36,62H,1-12H3;/q-1;/i3D3,7D3,8D3,9D3,10D3,11D3,12D3,21D,22D,23D,24D,27D,28D,33D,36D;. The van der Waals surface area contributed by atoms with Gasteiger partial charge in [0.2, 0.25) is 0 Å². The summed E-state index contributed by atoms with van der Waals surface area (Å²) < 4.78 is 255. The molecule has 0 aliphatic carbocycles. The largest absolute Gasteiger partial charge is 0.507 e. The second-order valence-electron chi connectivity index (χ2n) is 16.4. The maximum Gasteiger partial charge on any atom is 0.148 e. The Bertz CT molecular complexity index is 4090. The van der Waals surface area contributed by atoms with Crippen molar-refractivity contribution in [1.82, 2.24) is 14.5 Å². The summed E-state index contributed by atoms with van der Waals surface area (Å²) in [5, 5.41) is 13.1. The van der Waals surface area contributed by atoms with Crippen LogP contribution in [0.15, 0.2) is 133 Å². The van der Waals surface area contributed by atoms with Gasteiger partial charge in [-0.2, -0.15) is 0 Å². The molecule has 5 heteroatoms. The molecule has 0 bridgehead atoms. The summed E-state index contributed by atoms with van der Waals surface area (Å²) in [6.45, 7) is -19.7. The fourth-order valence-electron chi connectivity index (χ4n) is 7.22. The van der Waals surface area contributed by atoms with Crippen LogP contribution in [-0.4, -0.2) is 19.6 Å². The van der Waals surface area contributed by atoms with E-state index >= 15 is 0 Å². The number of nitrogens with zero attached hydrogens (tertiary/aromatic N) is 3. The zero-order valence-corrected chi connectivity index (χ0v) is 37.0. The van der Waals surface area contributed by atoms with Gasteiger partial charge in [-0.15, -0.1) is 29.3 Å². The Hall–Kier alpha value is -5.57. The van der Waals surface area contributed by atoms with E-state index in [0.717, 1.165) is 0 Å². The van der Waals surface area contributed by atoms with Crippen LogP contribution in [0, 0.1) is 12.9 Å². The zero-order valence-electron chi connectivity index (χ0n) is 63.8. The summed E-state index contributed by atoms with van der Waals surface area (Å²) in [6, 6.07) is 19.6. The smallest absolute Gasteiger partial charge is 0.148 e. The van der Waals surface area contributed by atoms with Crippen molar-refractivity contribution >= 4 is 11.0 Å². The molecule has 2 aromatic heterocycles. The van der Waals surface area contributed by atoms with Gasteiger partial charge in [0.1, 0.15) is 11.6 Å². The predicted octanol–water partition coefficient (Wildman–Crippen LogP) is 15.6. The number of imidazole rings is 1. The Morgan fingerprint density at radius 2 is 1.41 bits per heavy atom. The first-order valence-electron chi connectivity index (χ1n) is 34.0. The van der Waals surface area contributed by atoms with Crippen molar-refractivity contribution in [3.8, 4) is 67.5 Å². The molecule has 0 aliphatic heterocycles. The zero-order chi connectivity index (χ0) is 68.8. The Morgan fingerprint density at radius 3 is 2.10 bits per heavy atom. The van der Waals surface area contributed by atoms with E-state index in [2.05, 4.69) is 11.1 Å². The van der Waals surface area contributed by atoms with Gasteiger partial charge in [0.25, 0.3) is 0 Å². The molecule has 8 aromatic rings. The van der Waals surface area contributed by atoms with Crippen LogP contribution in [0.2, 0.25) is 0 Å². The predicted molar refractivity (Wildman–Crippen MR) is 261 cm³/mol. The number of benzene rings is 6. The summed E-state index contributed by atoms with van der Waals surface area (Å²) in [5.41, 5.74) is -14.0. The minimum atomic E-state index is -4.27. The van der Waals surface area contributed by atoms with E-state index < -0.39 is 157 Å². The van der Waals surface area contributed by atoms with Crippen LogP contribution in [0.25, 0.3) is 72.7 Å². The molecule has 2 heterocycles. The monoisotopic (exact) mass is 1040 g/mol. The van der Waals surface area contributed by atoms with Crippen molar-refractivity contribution < 1.29 is 65.9 Å². The van der Waals surface area contributed by atoms with Crippen LogP contribution >= 0.6 is 0 Å². The average Bonchev–Trinajstić information content (AvgIpc) is 0.815. The number of hydrogen-bond acceptors (Lipinski definition) is 3. The molecule has 4 nitrogen and oxygen atoms in total. The van der Waals surface area contributed by atoms with Crippen molar-refractivity contribution in [2.45, 2.75) is 105 Å². The molecule has 6 aromatic carbocycles. The first kappa shape index (κ1) is 21.4. The number of pyridine rings is 1. The number of rotatable bonds is 7. The minimum Gasteiger partial charge on any atom is -0.507 e. The molecule has 0 unspecified atom stereocenters. The maximum atomic E-state index is 13.1. The van der Waals surface area contributed by atoms with Crippen molar-refractivity contribution in [1.29, 1.82) is 0 Å². The molecular formula is C58H60N3OPt-. The SMILES string of the molecule is [2H]c1nc(-c2[c-]c(-c3cccc4c3nc(-c3cc(C(C([2H])([2H])[2H])(C([2H])([2H])[2H])C([2H])([2H])[2H])cc(C(C([2H])([2H])[2H])(C([2H])([2H])[2H])C([2H])([2H])[2H])c3O)n4-c3ccc(C([2H])(C)C)cc3-c3ccccc3)cc(C(C)(C)C)c2)c([2H])c(-c2c([2H])c([2H])c(C([2H])([2H])[2H])c([2H])c2[2H])c1[2H].[Pt]. The average molecular weight is 1040 g/mol. The van der Waals surface area contributed by atoms with Gasteiger partial charge < -0.3 is 5.11 Å². The molecule has 0 spiro atoms. The Kier molecular flexibility index (Phi) is 5.84. The van der Waals surface area contributed by atoms with E-state index in [1.807, 2.05) is 0 Å². The quantitative estimate of drug-likeness (QED) is 0.162. The first-order valence-corrected chi connectivity index (χ1v) is 19.5. The molecule has 0 fully saturated rings. The summed E-state index contributed by atoms with van der Waals surface area (Å²) >= 11 is 0. The number of aromatic nitrogens is 3. The van der Waals surface area contributed by atoms with Gasteiger partial charge in [-0.1, -0.05) is 177 Å². The van der Waals surface area contributed by atoms with Crippen LogP contribution in [0.1, 0.15) is 149 Å². The summed E-state index contributed by atoms with van der Waals surface area (Å²) in [6.07, 6.45) is -0.811. The van der Waals surface area contributed by atoms with Gasteiger partial charge in [0, 0.05) is 74.2 Å². The number of hydrogen-bond donors (Lipinski definition) is 1. The number of phenolic OH excluding ortho intramolecular Hbond substituents is 1. The second kappa shape index (κ2) is 17.2. The first-order chi connectivity index (χ1) is 41.2. The van der Waals surface area contributed by atoms with Gasteiger partial charge in [0.05, 0.1) is 31.9 Å². The fraction of sp³-hybridized carbons (Fsp3) is 0.276. The van der Waals surface area contributed by atoms with Crippen molar-refractivity contribution in [2.75, 3.05) is 0 Å². The third-order valence-corrected chi connectivity index (χ3v) is 10.5.